The van der Waals surface area contributed by atoms with Crippen molar-refractivity contribution in [2.45, 2.75) is 64.0 Å². The lowest BCUT2D eigenvalue weighted by Crippen LogP contribution is -2.46. The molecule has 1 heterocycles. The monoisotopic (exact) mass is 544 g/mol. The van der Waals surface area contributed by atoms with Gasteiger partial charge in [-0.3, -0.25) is 9.69 Å². The molecular formula is C33H41FN4O2. The molecular weight excluding hydrogens is 503 g/mol. The van der Waals surface area contributed by atoms with E-state index < -0.39 is 11.8 Å². The zero-order valence-corrected chi connectivity index (χ0v) is 23.4. The fourth-order valence-electron chi connectivity index (χ4n) is 5.36. The van der Waals surface area contributed by atoms with Crippen molar-refractivity contribution in [3.63, 3.8) is 0 Å². The summed E-state index contributed by atoms with van der Waals surface area (Å²) in [6.45, 7) is 4.35. The van der Waals surface area contributed by atoms with Crippen molar-refractivity contribution in [2.75, 3.05) is 25.0 Å². The van der Waals surface area contributed by atoms with Crippen LogP contribution in [0.4, 0.5) is 14.9 Å². The fraction of sp³-hybridized carbons (Fsp3) is 0.394. The zero-order chi connectivity index (χ0) is 28.2. The third kappa shape index (κ3) is 8.39. The molecule has 212 valence electrons. The molecule has 0 atom stereocenters. The van der Waals surface area contributed by atoms with Crippen LogP contribution in [0.1, 0.15) is 79.4 Å². The van der Waals surface area contributed by atoms with Crippen LogP contribution in [0.5, 0.6) is 0 Å². The lowest BCUT2D eigenvalue weighted by atomic mass is 9.94. The van der Waals surface area contributed by atoms with Gasteiger partial charge in [-0.25, -0.2) is 9.18 Å². The summed E-state index contributed by atoms with van der Waals surface area (Å²) >= 11 is 0. The number of halogens is 1. The molecule has 0 spiro atoms. The molecule has 1 aliphatic heterocycles. The van der Waals surface area contributed by atoms with E-state index in [1.165, 1.54) is 42.2 Å². The van der Waals surface area contributed by atoms with Gasteiger partial charge in [-0.05, 0) is 48.6 Å². The van der Waals surface area contributed by atoms with Crippen LogP contribution in [0.25, 0.3) is 0 Å². The Kier molecular flexibility index (Phi) is 11.1. The molecule has 0 saturated carbocycles. The van der Waals surface area contributed by atoms with E-state index in [9.17, 15) is 14.0 Å². The molecule has 3 aromatic rings. The topological polar surface area (TPSA) is 73.5 Å². The van der Waals surface area contributed by atoms with Crippen LogP contribution in [0, 0.1) is 5.82 Å². The van der Waals surface area contributed by atoms with E-state index in [4.69, 9.17) is 0 Å². The summed E-state index contributed by atoms with van der Waals surface area (Å²) in [5.41, 5.74) is 2.91. The van der Waals surface area contributed by atoms with Crippen molar-refractivity contribution in [1.82, 2.24) is 15.5 Å². The average Bonchev–Trinajstić information content (AvgIpc) is 2.98. The Morgan fingerprint density at radius 1 is 0.875 bits per heavy atom. The van der Waals surface area contributed by atoms with E-state index in [1.807, 2.05) is 12.1 Å². The number of anilines is 1. The Balaban J connectivity index is 1.34. The minimum Gasteiger partial charge on any atom is -0.349 e. The van der Waals surface area contributed by atoms with Gasteiger partial charge in [0.05, 0.1) is 17.3 Å². The van der Waals surface area contributed by atoms with Crippen molar-refractivity contribution >= 4 is 17.6 Å². The van der Waals surface area contributed by atoms with Gasteiger partial charge in [0.15, 0.2) is 0 Å². The van der Waals surface area contributed by atoms with Crippen LogP contribution in [-0.2, 0) is 0 Å². The highest BCUT2D eigenvalue weighted by Crippen LogP contribution is 2.31. The van der Waals surface area contributed by atoms with Gasteiger partial charge in [0, 0.05) is 25.7 Å². The summed E-state index contributed by atoms with van der Waals surface area (Å²) in [7, 11) is 0. The maximum atomic E-state index is 14.1. The van der Waals surface area contributed by atoms with Gasteiger partial charge < -0.3 is 16.0 Å². The lowest BCUT2D eigenvalue weighted by molar-refractivity contribution is 0.0901. The number of hydrogen-bond acceptors (Lipinski definition) is 3. The second-order valence-electron chi connectivity index (χ2n) is 10.5. The number of piperidine rings is 1. The lowest BCUT2D eigenvalue weighted by Gasteiger charge is -2.38. The Labute approximate surface area is 237 Å². The minimum absolute atomic E-state index is 0.0380. The molecule has 3 N–H and O–H groups in total. The predicted molar refractivity (Wildman–Crippen MR) is 159 cm³/mol. The van der Waals surface area contributed by atoms with E-state index >= 15 is 0 Å². The van der Waals surface area contributed by atoms with Crippen molar-refractivity contribution < 1.29 is 14.0 Å². The zero-order valence-electron chi connectivity index (χ0n) is 23.4. The largest absolute Gasteiger partial charge is 0.349 e. The van der Waals surface area contributed by atoms with Crippen molar-refractivity contribution in [3.05, 3.63) is 101 Å². The average molecular weight is 545 g/mol. The number of nitrogens with one attached hydrogen (secondary N) is 3. The number of amides is 3. The molecule has 4 rings (SSSR count). The third-order valence-corrected chi connectivity index (χ3v) is 7.50. The number of carbonyl (C=O) groups excluding carboxylic acids is 2. The first kappa shape index (κ1) is 29.3. The number of carbonyl (C=O) groups is 2. The van der Waals surface area contributed by atoms with Crippen LogP contribution in [0.15, 0.2) is 78.9 Å². The van der Waals surface area contributed by atoms with Gasteiger partial charge >= 0.3 is 6.03 Å². The normalized spacial score (nSPS) is 14.2. The molecule has 1 saturated heterocycles. The van der Waals surface area contributed by atoms with Crippen LogP contribution in [0.3, 0.4) is 0 Å². The maximum Gasteiger partial charge on any atom is 0.319 e. The first-order valence-electron chi connectivity index (χ1n) is 14.5. The first-order valence-corrected chi connectivity index (χ1v) is 14.5. The van der Waals surface area contributed by atoms with Crippen LogP contribution < -0.4 is 16.0 Å². The number of nitrogens with zero attached hydrogens (tertiary/aromatic N) is 1. The maximum absolute atomic E-state index is 14.1. The van der Waals surface area contributed by atoms with E-state index in [1.54, 1.807) is 0 Å². The fourth-order valence-corrected chi connectivity index (χ4v) is 5.36. The number of unbranched alkanes of at least 4 members (excludes halogenated alkanes) is 4. The number of likely N-dealkylation sites (tertiary alicyclic amines) is 1. The van der Waals surface area contributed by atoms with Gasteiger partial charge in [-0.1, -0.05) is 93.3 Å². The number of benzene rings is 3. The summed E-state index contributed by atoms with van der Waals surface area (Å²) in [6, 6.07) is 24.6. The minimum atomic E-state index is -0.518. The second-order valence-corrected chi connectivity index (χ2v) is 10.5. The van der Waals surface area contributed by atoms with Crippen LogP contribution in [0.2, 0.25) is 0 Å². The molecule has 1 aliphatic rings. The SMILES string of the molecule is CCCCCCCNC(=O)Nc1ccc(F)cc1C(=O)NC1CCN(C(c2ccccc2)c2ccccc2)CC1. The highest BCUT2D eigenvalue weighted by molar-refractivity contribution is 6.03. The van der Waals surface area contributed by atoms with Gasteiger partial charge in [0.2, 0.25) is 0 Å². The Morgan fingerprint density at radius 3 is 2.12 bits per heavy atom. The summed E-state index contributed by atoms with van der Waals surface area (Å²) in [5.74, 6) is -0.897. The molecule has 0 aliphatic carbocycles. The van der Waals surface area contributed by atoms with E-state index in [2.05, 4.69) is 76.3 Å². The van der Waals surface area contributed by atoms with Gasteiger partial charge in [0.25, 0.3) is 5.91 Å². The third-order valence-electron chi connectivity index (χ3n) is 7.50. The quantitative estimate of drug-likeness (QED) is 0.217. The molecule has 0 bridgehead atoms. The van der Waals surface area contributed by atoms with E-state index in [0.717, 1.165) is 45.2 Å². The van der Waals surface area contributed by atoms with Crippen LogP contribution >= 0.6 is 0 Å². The highest BCUT2D eigenvalue weighted by Gasteiger charge is 2.28. The van der Waals surface area contributed by atoms with Crippen molar-refractivity contribution in [1.29, 1.82) is 0 Å². The molecule has 3 amide bonds. The smallest absolute Gasteiger partial charge is 0.319 e. The first-order chi connectivity index (χ1) is 19.5. The number of rotatable bonds is 12. The molecule has 1 fully saturated rings. The van der Waals surface area contributed by atoms with Crippen molar-refractivity contribution in [2.24, 2.45) is 0 Å². The van der Waals surface area contributed by atoms with Gasteiger partial charge in [-0.2, -0.15) is 0 Å². The van der Waals surface area contributed by atoms with E-state index in [0.29, 0.717) is 12.2 Å². The molecule has 3 aromatic carbocycles. The molecule has 0 aromatic heterocycles. The Morgan fingerprint density at radius 2 is 1.50 bits per heavy atom. The summed E-state index contributed by atoms with van der Waals surface area (Å²) in [4.78, 5) is 28.1. The predicted octanol–water partition coefficient (Wildman–Crippen LogP) is 6.90. The standard InChI is InChI=1S/C33H41FN4O2/c1-2-3-4-5-12-21-35-33(40)37-30-18-17-27(34)24-29(30)32(39)36-28-19-22-38(23-20-28)31(25-13-8-6-9-14-25)26-15-10-7-11-16-26/h6-11,13-18,24,28,31H,2-5,12,19-23H2,1H3,(H,36,39)(H2,35,37,40). The van der Waals surface area contributed by atoms with Crippen molar-refractivity contribution in [3.8, 4) is 0 Å². The molecule has 7 heteroatoms. The molecule has 0 radical (unpaired) electrons. The summed E-state index contributed by atoms with van der Waals surface area (Å²) in [6.07, 6.45) is 7.04. The van der Waals surface area contributed by atoms with Gasteiger partial charge in [0.1, 0.15) is 5.82 Å². The summed E-state index contributed by atoms with van der Waals surface area (Å²) in [5, 5.41) is 8.64. The number of hydrogen-bond donors (Lipinski definition) is 3. The Bertz CT molecular complexity index is 1170. The second kappa shape index (κ2) is 15.2. The number of urea groups is 1. The molecule has 40 heavy (non-hydrogen) atoms. The van der Waals surface area contributed by atoms with Crippen LogP contribution in [-0.4, -0.2) is 42.5 Å². The Hall–Kier alpha value is -3.71. The van der Waals surface area contributed by atoms with Gasteiger partial charge in [-0.15, -0.1) is 0 Å². The highest BCUT2D eigenvalue weighted by atomic mass is 19.1. The summed E-state index contributed by atoms with van der Waals surface area (Å²) < 4.78 is 14.1. The molecule has 0 unspecified atom stereocenters. The molecule has 6 nitrogen and oxygen atoms in total. The van der Waals surface area contributed by atoms with E-state index in [-0.39, 0.29) is 23.6 Å².